The maximum Gasteiger partial charge on any atom is 0.419 e. The number of nitrogens with zero attached hydrogens (tertiary/aromatic N) is 4. The van der Waals surface area contributed by atoms with Gasteiger partial charge in [0, 0.05) is 42.5 Å². The van der Waals surface area contributed by atoms with Crippen molar-refractivity contribution in [3.63, 3.8) is 0 Å². The molecule has 2 aliphatic rings. The Hall–Kier alpha value is -2.23. The summed E-state index contributed by atoms with van der Waals surface area (Å²) in [5, 5.41) is 4.52. The monoisotopic (exact) mass is 415 g/mol. The number of rotatable bonds is 5. The quantitative estimate of drug-likeness (QED) is 0.749. The molecular formula is C19H22F5N5. The van der Waals surface area contributed by atoms with E-state index in [4.69, 9.17) is 5.73 Å². The Labute approximate surface area is 164 Å². The van der Waals surface area contributed by atoms with E-state index in [0.29, 0.717) is 18.8 Å². The number of hydrogen-bond donors (Lipinski definition) is 1. The van der Waals surface area contributed by atoms with Crippen LogP contribution in [0.1, 0.15) is 37.1 Å². The predicted molar refractivity (Wildman–Crippen MR) is 97.4 cm³/mol. The van der Waals surface area contributed by atoms with Crippen LogP contribution in [0.25, 0.3) is 11.3 Å². The van der Waals surface area contributed by atoms with Gasteiger partial charge in [0.1, 0.15) is 5.82 Å². The van der Waals surface area contributed by atoms with Gasteiger partial charge in [0.25, 0.3) is 6.43 Å². The second-order valence-corrected chi connectivity index (χ2v) is 8.11. The number of fused-ring (bicyclic) bond motifs is 1. The lowest BCUT2D eigenvalue weighted by Crippen LogP contribution is -2.29. The first-order valence-corrected chi connectivity index (χ1v) is 9.49. The largest absolute Gasteiger partial charge is 0.419 e. The smallest absolute Gasteiger partial charge is 0.383 e. The number of piperidine rings is 1. The lowest BCUT2D eigenvalue weighted by atomic mass is 10.1. The Balaban J connectivity index is 1.61. The molecule has 2 aromatic rings. The average molecular weight is 415 g/mol. The van der Waals surface area contributed by atoms with Gasteiger partial charge in [-0.15, -0.1) is 0 Å². The number of pyridine rings is 1. The van der Waals surface area contributed by atoms with Gasteiger partial charge in [-0.05, 0) is 37.8 Å². The summed E-state index contributed by atoms with van der Waals surface area (Å²) in [6, 6.07) is 2.78. The zero-order chi connectivity index (χ0) is 21.1. The average Bonchev–Trinajstić information content (AvgIpc) is 2.96. The van der Waals surface area contributed by atoms with E-state index in [-0.39, 0.29) is 35.9 Å². The first kappa shape index (κ1) is 20.1. The van der Waals surface area contributed by atoms with Crippen molar-refractivity contribution in [3.05, 3.63) is 29.6 Å². The van der Waals surface area contributed by atoms with Crippen LogP contribution in [0.15, 0.2) is 18.3 Å². The molecule has 1 aliphatic heterocycles. The summed E-state index contributed by atoms with van der Waals surface area (Å²) >= 11 is 0. The molecule has 1 aliphatic carbocycles. The highest BCUT2D eigenvalue weighted by molar-refractivity contribution is 5.63. The molecule has 0 spiro atoms. The number of alkyl halides is 5. The van der Waals surface area contributed by atoms with Crippen molar-refractivity contribution in [3.8, 4) is 11.3 Å². The van der Waals surface area contributed by atoms with Crippen LogP contribution in [0.3, 0.4) is 0 Å². The highest BCUT2D eigenvalue weighted by Crippen LogP contribution is 2.58. The molecule has 1 saturated heterocycles. The molecule has 2 N–H and O–H groups in total. The Morgan fingerprint density at radius 2 is 1.83 bits per heavy atom. The third kappa shape index (κ3) is 3.70. The molecule has 158 valence electrons. The Morgan fingerprint density at radius 1 is 1.17 bits per heavy atom. The van der Waals surface area contributed by atoms with Gasteiger partial charge in [-0.25, -0.2) is 13.8 Å². The van der Waals surface area contributed by atoms with Gasteiger partial charge >= 0.3 is 6.18 Å². The maximum absolute atomic E-state index is 13.2. The van der Waals surface area contributed by atoms with Gasteiger partial charge in [-0.2, -0.15) is 18.3 Å². The number of aromatic nitrogens is 3. The normalized spacial score (nSPS) is 24.5. The van der Waals surface area contributed by atoms with Crippen molar-refractivity contribution < 1.29 is 22.0 Å². The minimum Gasteiger partial charge on any atom is -0.383 e. The molecule has 1 saturated carbocycles. The lowest BCUT2D eigenvalue weighted by molar-refractivity contribution is -0.137. The lowest BCUT2D eigenvalue weighted by Gasteiger charge is -2.19. The van der Waals surface area contributed by atoms with Crippen molar-refractivity contribution >= 4 is 5.82 Å². The zero-order valence-electron chi connectivity index (χ0n) is 16.0. The van der Waals surface area contributed by atoms with E-state index in [1.807, 2.05) is 18.5 Å². The summed E-state index contributed by atoms with van der Waals surface area (Å²) in [6.45, 7) is 4.90. The van der Waals surface area contributed by atoms with Crippen LogP contribution in [0, 0.1) is 11.8 Å². The van der Waals surface area contributed by atoms with Crippen molar-refractivity contribution in [1.29, 1.82) is 0 Å². The van der Waals surface area contributed by atoms with Crippen LogP contribution in [-0.4, -0.2) is 45.7 Å². The van der Waals surface area contributed by atoms with Gasteiger partial charge < -0.3 is 5.73 Å². The van der Waals surface area contributed by atoms with Gasteiger partial charge in [-0.3, -0.25) is 9.58 Å². The van der Waals surface area contributed by atoms with Gasteiger partial charge in [0.2, 0.25) is 0 Å². The second-order valence-electron chi connectivity index (χ2n) is 8.11. The van der Waals surface area contributed by atoms with E-state index < -0.39 is 24.0 Å². The summed E-state index contributed by atoms with van der Waals surface area (Å²) in [5.41, 5.74) is 5.99. The number of nitrogens with two attached hydrogens (primary N) is 1. The number of halogens is 5. The van der Waals surface area contributed by atoms with Crippen LogP contribution in [0.4, 0.5) is 27.8 Å². The Bertz CT molecular complexity index is 895. The molecule has 0 radical (unpaired) electrons. The van der Waals surface area contributed by atoms with E-state index in [1.54, 1.807) is 11.0 Å². The molecule has 29 heavy (non-hydrogen) atoms. The van der Waals surface area contributed by atoms with Crippen LogP contribution in [0.5, 0.6) is 0 Å². The molecule has 0 aromatic carbocycles. The number of nitrogen functional groups attached to an aromatic ring is 1. The summed E-state index contributed by atoms with van der Waals surface area (Å²) in [7, 11) is 0. The van der Waals surface area contributed by atoms with Crippen LogP contribution >= 0.6 is 0 Å². The SMILES string of the molecule is CC(C)n1nc(-c2cnc(N)c(C(F)(F)F)c2)cc1[C@@H]1[C@@H]2CN(CC(F)F)C[C@@H]21. The molecule has 3 heterocycles. The molecule has 2 aromatic heterocycles. The summed E-state index contributed by atoms with van der Waals surface area (Å²) in [5.74, 6) is 0.189. The summed E-state index contributed by atoms with van der Waals surface area (Å²) in [4.78, 5) is 5.46. The summed E-state index contributed by atoms with van der Waals surface area (Å²) < 4.78 is 66.6. The van der Waals surface area contributed by atoms with Crippen LogP contribution < -0.4 is 5.73 Å². The molecular weight excluding hydrogens is 393 g/mol. The maximum atomic E-state index is 13.2. The third-order valence-corrected chi connectivity index (χ3v) is 5.78. The Morgan fingerprint density at radius 3 is 2.38 bits per heavy atom. The minimum atomic E-state index is -4.60. The molecule has 3 atom stereocenters. The molecule has 0 bridgehead atoms. The first-order chi connectivity index (χ1) is 13.6. The van der Waals surface area contributed by atoms with Crippen LogP contribution in [-0.2, 0) is 6.18 Å². The van der Waals surface area contributed by atoms with Gasteiger partial charge in [-0.1, -0.05) is 0 Å². The zero-order valence-corrected chi connectivity index (χ0v) is 16.0. The number of anilines is 1. The molecule has 10 heteroatoms. The molecule has 2 fully saturated rings. The highest BCUT2D eigenvalue weighted by Gasteiger charge is 2.57. The fraction of sp³-hybridized carbons (Fsp3) is 0.579. The third-order valence-electron chi connectivity index (χ3n) is 5.78. The molecule has 0 unspecified atom stereocenters. The topological polar surface area (TPSA) is 60.0 Å². The highest BCUT2D eigenvalue weighted by atomic mass is 19.4. The second kappa shape index (κ2) is 6.93. The number of likely N-dealkylation sites (tertiary alicyclic amines) is 1. The fourth-order valence-corrected chi connectivity index (χ4v) is 4.45. The van der Waals surface area contributed by atoms with Gasteiger partial charge in [0.05, 0.1) is 17.8 Å². The standard InChI is InChI=1S/C19H22F5N5/c1-9(2)29-15(17-11-6-28(7-12(11)17)8-16(20)21)4-14(27-29)10-3-13(19(22,23)24)18(25)26-5-10/h3-5,9,11-12,16-17H,6-8H2,1-2H3,(H2,25,26)/t11-,12+,17-. The number of hydrogen-bond acceptors (Lipinski definition) is 4. The molecule has 4 rings (SSSR count). The van der Waals surface area contributed by atoms with E-state index >= 15 is 0 Å². The molecule has 5 nitrogen and oxygen atoms in total. The summed E-state index contributed by atoms with van der Waals surface area (Å²) in [6.07, 6.45) is -5.66. The first-order valence-electron chi connectivity index (χ1n) is 9.49. The Kier molecular flexibility index (Phi) is 4.79. The van der Waals surface area contributed by atoms with Gasteiger partial charge in [0.15, 0.2) is 0 Å². The van der Waals surface area contributed by atoms with Crippen molar-refractivity contribution in [2.75, 3.05) is 25.4 Å². The van der Waals surface area contributed by atoms with E-state index in [9.17, 15) is 22.0 Å². The van der Waals surface area contributed by atoms with Crippen molar-refractivity contribution in [2.24, 2.45) is 11.8 Å². The molecule has 0 amide bonds. The van der Waals surface area contributed by atoms with Crippen LogP contribution in [0.2, 0.25) is 0 Å². The van der Waals surface area contributed by atoms with E-state index in [2.05, 4.69) is 10.1 Å². The van der Waals surface area contributed by atoms with Crippen molar-refractivity contribution in [2.45, 2.75) is 38.4 Å². The predicted octanol–water partition coefficient (Wildman–Crippen LogP) is 4.04. The van der Waals surface area contributed by atoms with Crippen molar-refractivity contribution in [1.82, 2.24) is 19.7 Å². The fourth-order valence-electron chi connectivity index (χ4n) is 4.45. The minimum absolute atomic E-state index is 0.0149. The van der Waals surface area contributed by atoms with E-state index in [0.717, 1.165) is 11.8 Å². The van der Waals surface area contributed by atoms with E-state index in [1.165, 1.54) is 6.20 Å².